The number of hydrogen-bond acceptors (Lipinski definition) is 3. The number of hydrogen-bond donors (Lipinski definition) is 1. The molecule has 0 bridgehead atoms. The molecule has 2 rings (SSSR count). The number of thioether (sulfide) groups is 1. The van der Waals surface area contributed by atoms with Gasteiger partial charge >= 0.3 is 0 Å². The Labute approximate surface area is 129 Å². The lowest BCUT2D eigenvalue weighted by Gasteiger charge is -2.15. The van der Waals surface area contributed by atoms with Crippen LogP contribution in [0.4, 0.5) is 0 Å². The van der Waals surface area contributed by atoms with E-state index in [-0.39, 0.29) is 0 Å². The highest BCUT2D eigenvalue weighted by Crippen LogP contribution is 2.33. The zero-order valence-corrected chi connectivity index (χ0v) is 13.8. The molecule has 0 aliphatic rings. The SMILES string of the molecule is CNC(CSc1ccccc1Cl)c1cscc1Br. The van der Waals surface area contributed by atoms with Gasteiger partial charge in [-0.25, -0.2) is 0 Å². The maximum atomic E-state index is 6.16. The zero-order valence-electron chi connectivity index (χ0n) is 9.82. The van der Waals surface area contributed by atoms with Crippen LogP contribution in [0.2, 0.25) is 5.02 Å². The molecule has 0 fully saturated rings. The summed E-state index contributed by atoms with van der Waals surface area (Å²) in [5.41, 5.74) is 1.31. The fourth-order valence-electron chi connectivity index (χ4n) is 1.60. The summed E-state index contributed by atoms with van der Waals surface area (Å²) in [6, 6.07) is 8.29. The van der Waals surface area contributed by atoms with Crippen molar-refractivity contribution in [1.82, 2.24) is 5.32 Å². The predicted molar refractivity (Wildman–Crippen MR) is 86.0 cm³/mol. The van der Waals surface area contributed by atoms with Crippen LogP contribution in [0.3, 0.4) is 0 Å². The van der Waals surface area contributed by atoms with Crippen molar-refractivity contribution in [2.45, 2.75) is 10.9 Å². The molecule has 1 nitrogen and oxygen atoms in total. The summed E-state index contributed by atoms with van der Waals surface area (Å²) in [5.74, 6) is 0.954. The number of rotatable bonds is 5. The van der Waals surface area contributed by atoms with Crippen LogP contribution < -0.4 is 5.32 Å². The van der Waals surface area contributed by atoms with E-state index in [0.717, 1.165) is 15.7 Å². The fourth-order valence-corrected chi connectivity index (χ4v) is 4.60. The summed E-state index contributed by atoms with van der Waals surface area (Å²) < 4.78 is 1.17. The third-order valence-corrected chi connectivity index (χ3v) is 5.97. The summed E-state index contributed by atoms with van der Waals surface area (Å²) in [4.78, 5) is 1.13. The second-order valence-corrected chi connectivity index (χ2v) is 6.82. The van der Waals surface area contributed by atoms with Gasteiger partial charge in [-0.15, -0.1) is 11.8 Å². The van der Waals surface area contributed by atoms with Crippen LogP contribution in [0, 0.1) is 0 Å². The summed E-state index contributed by atoms with van der Waals surface area (Å²) in [6.07, 6.45) is 0. The number of benzene rings is 1. The first kappa shape index (κ1) is 14.4. The Morgan fingerprint density at radius 3 is 2.78 bits per heavy atom. The first-order valence-corrected chi connectivity index (χ1v) is 8.58. The molecule has 1 unspecified atom stereocenters. The lowest BCUT2D eigenvalue weighted by atomic mass is 10.2. The average molecular weight is 363 g/mol. The fraction of sp³-hybridized carbons (Fsp3) is 0.231. The molecule has 0 amide bonds. The second-order valence-electron chi connectivity index (χ2n) is 3.76. The van der Waals surface area contributed by atoms with Gasteiger partial charge in [0.05, 0.1) is 5.02 Å². The predicted octanol–water partition coefficient (Wildman–Crippen LogP) is 5.22. The van der Waals surface area contributed by atoms with E-state index >= 15 is 0 Å². The molecule has 0 aliphatic heterocycles. The molecular weight excluding hydrogens is 350 g/mol. The van der Waals surface area contributed by atoms with Crippen molar-refractivity contribution < 1.29 is 0 Å². The van der Waals surface area contributed by atoms with Crippen molar-refractivity contribution in [2.24, 2.45) is 0 Å². The van der Waals surface area contributed by atoms with E-state index in [9.17, 15) is 0 Å². The van der Waals surface area contributed by atoms with Crippen molar-refractivity contribution in [3.05, 3.63) is 50.1 Å². The number of halogens is 2. The minimum Gasteiger partial charge on any atom is -0.312 e. The van der Waals surface area contributed by atoms with E-state index in [1.807, 2.05) is 25.2 Å². The second kappa shape index (κ2) is 6.96. The number of thiophene rings is 1. The summed E-state index contributed by atoms with van der Waals surface area (Å²) in [6.45, 7) is 0. The first-order valence-electron chi connectivity index (χ1n) is 5.48. The highest BCUT2D eigenvalue weighted by Gasteiger charge is 2.14. The van der Waals surface area contributed by atoms with Gasteiger partial charge in [0.1, 0.15) is 0 Å². The van der Waals surface area contributed by atoms with Crippen LogP contribution in [0.25, 0.3) is 0 Å². The molecular formula is C13H13BrClNS2. The molecule has 5 heteroatoms. The van der Waals surface area contributed by atoms with E-state index in [1.54, 1.807) is 23.1 Å². The van der Waals surface area contributed by atoms with Crippen molar-refractivity contribution in [3.63, 3.8) is 0 Å². The zero-order chi connectivity index (χ0) is 13.0. The largest absolute Gasteiger partial charge is 0.312 e. The molecule has 96 valence electrons. The molecule has 1 aromatic heterocycles. The van der Waals surface area contributed by atoms with Crippen LogP contribution in [-0.2, 0) is 0 Å². The van der Waals surface area contributed by atoms with Crippen LogP contribution in [0.5, 0.6) is 0 Å². The van der Waals surface area contributed by atoms with Crippen LogP contribution in [-0.4, -0.2) is 12.8 Å². The number of nitrogens with one attached hydrogen (secondary N) is 1. The highest BCUT2D eigenvalue weighted by atomic mass is 79.9. The van der Waals surface area contributed by atoms with E-state index in [1.165, 1.54) is 10.0 Å². The maximum Gasteiger partial charge on any atom is 0.0541 e. The molecule has 18 heavy (non-hydrogen) atoms. The topological polar surface area (TPSA) is 12.0 Å². The third-order valence-electron chi connectivity index (χ3n) is 2.61. The third kappa shape index (κ3) is 3.52. The van der Waals surface area contributed by atoms with Crippen molar-refractivity contribution >= 4 is 50.6 Å². The molecule has 0 saturated heterocycles. The standard InChI is InChI=1S/C13H13BrClNS2/c1-16-12(9-6-17-7-10(9)14)8-18-13-5-3-2-4-11(13)15/h2-7,12,16H,8H2,1H3. The Hall–Kier alpha value is -0.000000000000000111. The van der Waals surface area contributed by atoms with Gasteiger partial charge in [0.2, 0.25) is 0 Å². The Bertz CT molecular complexity index is 515. The van der Waals surface area contributed by atoms with Gasteiger partial charge in [-0.3, -0.25) is 0 Å². The lowest BCUT2D eigenvalue weighted by Crippen LogP contribution is -2.18. The van der Waals surface area contributed by atoms with Gasteiger partial charge in [-0.1, -0.05) is 23.7 Å². The Morgan fingerprint density at radius 1 is 1.39 bits per heavy atom. The van der Waals surface area contributed by atoms with Gasteiger partial charge in [-0.05, 0) is 46.1 Å². The van der Waals surface area contributed by atoms with E-state index < -0.39 is 0 Å². The van der Waals surface area contributed by atoms with Crippen LogP contribution in [0.15, 0.2) is 44.4 Å². The molecule has 1 atom stereocenters. The Kier molecular flexibility index (Phi) is 5.57. The summed E-state index contributed by atoms with van der Waals surface area (Å²) >= 11 is 13.2. The quantitative estimate of drug-likeness (QED) is 0.732. The maximum absolute atomic E-state index is 6.16. The van der Waals surface area contributed by atoms with E-state index in [0.29, 0.717) is 6.04 Å². The van der Waals surface area contributed by atoms with E-state index in [2.05, 4.69) is 38.1 Å². The van der Waals surface area contributed by atoms with Gasteiger partial charge in [0.15, 0.2) is 0 Å². The molecule has 1 aromatic carbocycles. The van der Waals surface area contributed by atoms with Crippen molar-refractivity contribution in [1.29, 1.82) is 0 Å². The highest BCUT2D eigenvalue weighted by molar-refractivity contribution is 9.10. The normalized spacial score (nSPS) is 12.6. The average Bonchev–Trinajstić information content (AvgIpc) is 2.79. The van der Waals surface area contributed by atoms with Gasteiger partial charge in [0.25, 0.3) is 0 Å². The smallest absolute Gasteiger partial charge is 0.0541 e. The van der Waals surface area contributed by atoms with Crippen LogP contribution >= 0.6 is 50.6 Å². The van der Waals surface area contributed by atoms with Gasteiger partial charge in [-0.2, -0.15) is 11.3 Å². The summed E-state index contributed by atoms with van der Waals surface area (Å²) in [5, 5.41) is 8.46. The molecule has 1 heterocycles. The molecule has 0 spiro atoms. The van der Waals surface area contributed by atoms with E-state index in [4.69, 9.17) is 11.6 Å². The lowest BCUT2D eigenvalue weighted by molar-refractivity contribution is 0.661. The Morgan fingerprint density at radius 2 is 2.17 bits per heavy atom. The minimum absolute atomic E-state index is 0.326. The van der Waals surface area contributed by atoms with Crippen molar-refractivity contribution in [3.8, 4) is 0 Å². The summed E-state index contributed by atoms with van der Waals surface area (Å²) in [7, 11) is 1.99. The molecule has 0 radical (unpaired) electrons. The Balaban J connectivity index is 2.05. The van der Waals surface area contributed by atoms with Gasteiger partial charge in [0, 0.05) is 26.5 Å². The molecule has 0 aliphatic carbocycles. The monoisotopic (exact) mass is 361 g/mol. The molecule has 0 saturated carbocycles. The van der Waals surface area contributed by atoms with Crippen molar-refractivity contribution in [2.75, 3.05) is 12.8 Å². The molecule has 2 aromatic rings. The first-order chi connectivity index (χ1) is 8.72. The van der Waals surface area contributed by atoms with Gasteiger partial charge < -0.3 is 5.32 Å². The molecule has 1 N–H and O–H groups in total. The van der Waals surface area contributed by atoms with Crippen LogP contribution in [0.1, 0.15) is 11.6 Å². The minimum atomic E-state index is 0.326.